The molecule has 0 aliphatic heterocycles. The van der Waals surface area contributed by atoms with E-state index in [0.717, 1.165) is 25.8 Å². The monoisotopic (exact) mass is 302 g/mol. The molecule has 0 aliphatic carbocycles. The van der Waals surface area contributed by atoms with Crippen LogP contribution in [0, 0.1) is 0 Å². The quantitative estimate of drug-likeness (QED) is 0.709. The normalized spacial score (nSPS) is 12.0. The molecule has 122 valence electrons. The van der Waals surface area contributed by atoms with Crippen molar-refractivity contribution in [2.75, 3.05) is 20.6 Å². The van der Waals surface area contributed by atoms with Crippen LogP contribution in [0.4, 0.5) is 0 Å². The molecule has 0 fully saturated rings. The van der Waals surface area contributed by atoms with Crippen LogP contribution in [0.5, 0.6) is 0 Å². The third kappa shape index (κ3) is 8.63. The first-order chi connectivity index (χ1) is 10.4. The van der Waals surface area contributed by atoms with Crippen molar-refractivity contribution in [3.05, 3.63) is 48.0 Å². The average molecular weight is 302 g/mol. The number of carbonyl (C=O) groups is 1. The molecule has 1 N–H and O–H groups in total. The van der Waals surface area contributed by atoms with E-state index in [9.17, 15) is 4.79 Å². The molecule has 0 saturated carbocycles. The molecule has 3 nitrogen and oxygen atoms in total. The summed E-state index contributed by atoms with van der Waals surface area (Å²) in [5.74, 6) is 0.0964. The summed E-state index contributed by atoms with van der Waals surface area (Å²) < 4.78 is 0. The third-order valence-electron chi connectivity index (χ3n) is 3.55. The van der Waals surface area contributed by atoms with Gasteiger partial charge in [0, 0.05) is 12.0 Å². The molecule has 1 amide bonds. The lowest BCUT2D eigenvalue weighted by Gasteiger charge is -2.26. The molecule has 0 heterocycles. The molecule has 0 aliphatic rings. The summed E-state index contributed by atoms with van der Waals surface area (Å²) in [7, 11) is 4.15. The van der Waals surface area contributed by atoms with Gasteiger partial charge in [-0.1, -0.05) is 42.5 Å². The zero-order chi connectivity index (χ0) is 16.4. The summed E-state index contributed by atoms with van der Waals surface area (Å²) in [5, 5.41) is 3.12. The second-order valence-corrected chi connectivity index (χ2v) is 6.70. The molecule has 0 saturated heterocycles. The van der Waals surface area contributed by atoms with Gasteiger partial charge >= 0.3 is 0 Å². The minimum absolute atomic E-state index is 0.0964. The summed E-state index contributed by atoms with van der Waals surface area (Å²) in [6.07, 6.45) is 7.42. The maximum Gasteiger partial charge on any atom is 0.224 e. The number of rotatable bonds is 9. The summed E-state index contributed by atoms with van der Waals surface area (Å²) >= 11 is 0. The van der Waals surface area contributed by atoms with E-state index in [4.69, 9.17) is 0 Å². The average Bonchev–Trinajstić information content (AvgIpc) is 2.43. The SMILES string of the molecule is CN(C)CCCC(C)(C)NC(=O)CC=CCc1ccccc1. The predicted molar refractivity (Wildman–Crippen MR) is 93.9 cm³/mol. The van der Waals surface area contributed by atoms with E-state index < -0.39 is 0 Å². The van der Waals surface area contributed by atoms with Crippen LogP contribution in [0.2, 0.25) is 0 Å². The molecule has 3 heteroatoms. The summed E-state index contributed by atoms with van der Waals surface area (Å²) in [6, 6.07) is 10.3. The van der Waals surface area contributed by atoms with Gasteiger partial charge < -0.3 is 10.2 Å². The number of amides is 1. The molecule has 1 aromatic carbocycles. The van der Waals surface area contributed by atoms with Gasteiger partial charge in [0.05, 0.1) is 0 Å². The predicted octanol–water partition coefficient (Wildman–Crippen LogP) is 3.41. The van der Waals surface area contributed by atoms with E-state index in [-0.39, 0.29) is 11.4 Å². The second kappa shape index (κ2) is 9.42. The first-order valence-electron chi connectivity index (χ1n) is 8.04. The van der Waals surface area contributed by atoms with Gasteiger partial charge in [-0.2, -0.15) is 0 Å². The fourth-order valence-electron chi connectivity index (χ4n) is 2.35. The van der Waals surface area contributed by atoms with E-state index in [0.29, 0.717) is 6.42 Å². The van der Waals surface area contributed by atoms with Crippen LogP contribution in [0.1, 0.15) is 38.7 Å². The van der Waals surface area contributed by atoms with Gasteiger partial charge in [0.15, 0.2) is 0 Å². The Morgan fingerprint density at radius 1 is 1.18 bits per heavy atom. The number of nitrogens with one attached hydrogen (secondary N) is 1. The van der Waals surface area contributed by atoms with Crippen LogP contribution in [-0.2, 0) is 11.2 Å². The first-order valence-corrected chi connectivity index (χ1v) is 8.04. The van der Waals surface area contributed by atoms with E-state index in [1.54, 1.807) is 0 Å². The van der Waals surface area contributed by atoms with Gasteiger partial charge in [0.25, 0.3) is 0 Å². The van der Waals surface area contributed by atoms with Crippen molar-refractivity contribution < 1.29 is 4.79 Å². The van der Waals surface area contributed by atoms with Crippen LogP contribution < -0.4 is 5.32 Å². The number of carbonyl (C=O) groups excluding carboxylic acids is 1. The first kappa shape index (κ1) is 18.4. The molecule has 1 aromatic rings. The highest BCUT2D eigenvalue weighted by atomic mass is 16.1. The number of hydrogen-bond acceptors (Lipinski definition) is 2. The highest BCUT2D eigenvalue weighted by molar-refractivity contribution is 5.78. The Balaban J connectivity index is 2.26. The number of nitrogens with zero attached hydrogens (tertiary/aromatic N) is 1. The zero-order valence-corrected chi connectivity index (χ0v) is 14.4. The van der Waals surface area contributed by atoms with Crippen LogP contribution >= 0.6 is 0 Å². The summed E-state index contributed by atoms with van der Waals surface area (Å²) in [6.45, 7) is 5.23. The Morgan fingerprint density at radius 2 is 1.86 bits per heavy atom. The van der Waals surface area contributed by atoms with Crippen molar-refractivity contribution in [1.82, 2.24) is 10.2 Å². The van der Waals surface area contributed by atoms with Crippen molar-refractivity contribution in [3.63, 3.8) is 0 Å². The van der Waals surface area contributed by atoms with Gasteiger partial charge in [-0.05, 0) is 59.3 Å². The van der Waals surface area contributed by atoms with Gasteiger partial charge in [-0.15, -0.1) is 0 Å². The van der Waals surface area contributed by atoms with E-state index in [1.165, 1.54) is 5.56 Å². The van der Waals surface area contributed by atoms with Crippen LogP contribution in [0.25, 0.3) is 0 Å². The van der Waals surface area contributed by atoms with Crippen molar-refractivity contribution >= 4 is 5.91 Å². The Kier molecular flexibility index (Phi) is 7.89. The highest BCUT2D eigenvalue weighted by Gasteiger charge is 2.19. The standard InChI is InChI=1S/C19H30N2O/c1-19(2,15-10-16-21(3)4)20-18(22)14-9-8-13-17-11-6-5-7-12-17/h5-9,11-12H,10,13-16H2,1-4H3,(H,20,22). The lowest BCUT2D eigenvalue weighted by Crippen LogP contribution is -2.43. The third-order valence-corrected chi connectivity index (χ3v) is 3.55. The Hall–Kier alpha value is -1.61. The lowest BCUT2D eigenvalue weighted by molar-refractivity contribution is -0.121. The van der Waals surface area contributed by atoms with E-state index in [1.807, 2.05) is 24.3 Å². The fourth-order valence-corrected chi connectivity index (χ4v) is 2.35. The summed E-state index contributed by atoms with van der Waals surface area (Å²) in [4.78, 5) is 14.2. The van der Waals surface area contributed by atoms with Crippen molar-refractivity contribution in [2.45, 2.75) is 45.1 Å². The molecule has 0 spiro atoms. The Morgan fingerprint density at radius 3 is 2.50 bits per heavy atom. The smallest absolute Gasteiger partial charge is 0.224 e. The van der Waals surface area contributed by atoms with Crippen molar-refractivity contribution in [3.8, 4) is 0 Å². The molecule has 0 bridgehead atoms. The van der Waals surface area contributed by atoms with Gasteiger partial charge in [-0.25, -0.2) is 0 Å². The van der Waals surface area contributed by atoms with Crippen LogP contribution in [0.3, 0.4) is 0 Å². The largest absolute Gasteiger partial charge is 0.351 e. The fraction of sp³-hybridized carbons (Fsp3) is 0.526. The summed E-state index contributed by atoms with van der Waals surface area (Å²) in [5.41, 5.74) is 1.13. The highest BCUT2D eigenvalue weighted by Crippen LogP contribution is 2.11. The number of benzene rings is 1. The number of hydrogen-bond donors (Lipinski definition) is 1. The molecule has 1 rings (SSSR count). The Labute approximate surface area is 135 Å². The van der Waals surface area contributed by atoms with E-state index >= 15 is 0 Å². The maximum atomic E-state index is 12.0. The van der Waals surface area contributed by atoms with Crippen molar-refractivity contribution in [2.24, 2.45) is 0 Å². The minimum Gasteiger partial charge on any atom is -0.351 e. The Bertz CT molecular complexity index is 464. The van der Waals surface area contributed by atoms with Gasteiger partial charge in [0.1, 0.15) is 0 Å². The maximum absolute atomic E-state index is 12.0. The number of allylic oxidation sites excluding steroid dienone is 1. The lowest BCUT2D eigenvalue weighted by atomic mass is 9.98. The van der Waals surface area contributed by atoms with Crippen LogP contribution in [0.15, 0.2) is 42.5 Å². The van der Waals surface area contributed by atoms with Gasteiger partial charge in [-0.3, -0.25) is 4.79 Å². The molecule has 22 heavy (non-hydrogen) atoms. The van der Waals surface area contributed by atoms with Gasteiger partial charge in [0.2, 0.25) is 5.91 Å². The zero-order valence-electron chi connectivity index (χ0n) is 14.4. The molecular formula is C19H30N2O. The van der Waals surface area contributed by atoms with Crippen LogP contribution in [-0.4, -0.2) is 37.0 Å². The molecule has 0 atom stereocenters. The van der Waals surface area contributed by atoms with E-state index in [2.05, 4.69) is 56.4 Å². The second-order valence-electron chi connectivity index (χ2n) is 6.70. The molecule has 0 aromatic heterocycles. The minimum atomic E-state index is -0.139. The topological polar surface area (TPSA) is 32.3 Å². The molecule has 0 unspecified atom stereocenters. The molecular weight excluding hydrogens is 272 g/mol. The molecule has 0 radical (unpaired) electrons. The van der Waals surface area contributed by atoms with Crippen molar-refractivity contribution in [1.29, 1.82) is 0 Å².